The predicted molar refractivity (Wildman–Crippen MR) is 211 cm³/mol. The number of fused-ring (bicyclic) bond motifs is 8. The molecule has 1 atom stereocenters. The Morgan fingerprint density at radius 1 is 0.627 bits per heavy atom. The van der Waals surface area contributed by atoms with Gasteiger partial charge in [0, 0.05) is 28.3 Å². The second-order valence-corrected chi connectivity index (χ2v) is 28.1. The van der Waals surface area contributed by atoms with Crippen LogP contribution in [0.4, 0.5) is 17.1 Å². The van der Waals surface area contributed by atoms with Crippen LogP contribution in [0.5, 0.6) is 11.6 Å². The Kier molecular flexibility index (Phi) is 4.71. The molecular formula is C44H40N4OSi2+2. The molecule has 0 N–H and O–H groups in total. The van der Waals surface area contributed by atoms with E-state index in [0.29, 0.717) is 0 Å². The molecule has 0 radical (unpaired) electrons. The van der Waals surface area contributed by atoms with Crippen LogP contribution >= 0.6 is 0 Å². The highest BCUT2D eigenvalue weighted by atomic mass is 28.3. The van der Waals surface area contributed by atoms with Crippen LogP contribution < -0.4 is 29.1 Å². The fraction of sp³-hybridized carbons (Fsp3) is 0.227. The molecule has 0 saturated heterocycles. The first kappa shape index (κ1) is 28.7. The molecule has 5 nitrogen and oxygen atoms in total. The third kappa shape index (κ3) is 2.99. The lowest BCUT2D eigenvalue weighted by Gasteiger charge is -2.48. The summed E-state index contributed by atoms with van der Waals surface area (Å²) in [6.07, 6.45) is 0. The summed E-state index contributed by atoms with van der Waals surface area (Å²) in [5.41, 5.74) is 13.3. The van der Waals surface area contributed by atoms with E-state index >= 15 is 0 Å². The quantitative estimate of drug-likeness (QED) is 0.134. The number of aromatic nitrogens is 3. The minimum absolute atomic E-state index is 0.223. The van der Waals surface area contributed by atoms with Crippen molar-refractivity contribution in [1.29, 1.82) is 0 Å². The highest BCUT2D eigenvalue weighted by molar-refractivity contribution is 6.89. The van der Waals surface area contributed by atoms with Gasteiger partial charge in [-0.05, 0) is 64.0 Å². The first-order valence-electron chi connectivity index (χ1n) is 18.4. The van der Waals surface area contributed by atoms with E-state index in [1.807, 2.05) is 0 Å². The van der Waals surface area contributed by atoms with Crippen molar-refractivity contribution < 1.29 is 13.9 Å². The van der Waals surface area contributed by atoms with E-state index < -0.39 is 21.8 Å². The van der Waals surface area contributed by atoms with E-state index in [9.17, 15) is 0 Å². The molecule has 1 spiro atoms. The van der Waals surface area contributed by atoms with Gasteiger partial charge in [-0.3, -0.25) is 0 Å². The number of anilines is 3. The van der Waals surface area contributed by atoms with Gasteiger partial charge in [-0.15, -0.1) is 9.13 Å². The summed E-state index contributed by atoms with van der Waals surface area (Å²) >= 11 is 0. The molecular weight excluding hydrogens is 657 g/mol. The number of hydrogen-bond acceptors (Lipinski definition) is 2. The molecule has 12 rings (SSSR count). The Morgan fingerprint density at radius 2 is 1.31 bits per heavy atom. The Bertz CT molecular complexity index is 2850. The van der Waals surface area contributed by atoms with E-state index in [1.165, 1.54) is 88.7 Å². The highest BCUT2D eigenvalue weighted by Gasteiger charge is 2.73. The molecule has 0 fully saturated rings. The van der Waals surface area contributed by atoms with E-state index in [-0.39, 0.29) is 5.41 Å². The molecule has 0 amide bonds. The summed E-state index contributed by atoms with van der Waals surface area (Å²) in [7, 11) is -3.50. The van der Waals surface area contributed by atoms with Crippen molar-refractivity contribution in [3.05, 3.63) is 119 Å². The molecule has 8 heterocycles. The maximum atomic E-state index is 7.19. The summed E-state index contributed by atoms with van der Waals surface area (Å²) in [5, 5.41) is 5.53. The monoisotopic (exact) mass is 696 g/mol. The van der Waals surface area contributed by atoms with Crippen molar-refractivity contribution in [3.8, 4) is 28.8 Å². The first-order valence-corrected chi connectivity index (χ1v) is 25.4. The van der Waals surface area contributed by atoms with Gasteiger partial charge in [0.15, 0.2) is 11.3 Å². The maximum Gasteiger partial charge on any atom is 0.378 e. The molecule has 0 saturated carbocycles. The first-order chi connectivity index (χ1) is 24.3. The lowest BCUT2D eigenvalue weighted by Crippen LogP contribution is -2.76. The van der Waals surface area contributed by atoms with Crippen molar-refractivity contribution >= 4 is 65.4 Å². The third-order valence-electron chi connectivity index (χ3n) is 12.8. The molecule has 7 aromatic rings. The number of para-hydroxylation sites is 2. The molecule has 0 bridgehead atoms. The second kappa shape index (κ2) is 8.38. The molecule has 0 aliphatic carbocycles. The Balaban J connectivity index is 1.42. The van der Waals surface area contributed by atoms with E-state index in [0.717, 1.165) is 11.6 Å². The Hall–Kier alpha value is -4.99. The number of rotatable bonds is 2. The van der Waals surface area contributed by atoms with Gasteiger partial charge < -0.3 is 9.64 Å². The summed E-state index contributed by atoms with van der Waals surface area (Å²) in [5.74, 6) is 3.14. The zero-order chi connectivity index (χ0) is 34.7. The van der Waals surface area contributed by atoms with E-state index in [1.54, 1.807) is 0 Å². The Labute approximate surface area is 300 Å². The number of ether oxygens (including phenoxy) is 1. The minimum atomic E-state index is -1.76. The normalized spacial score (nSPS) is 18.9. The van der Waals surface area contributed by atoms with Gasteiger partial charge in [-0.2, -0.15) is 4.57 Å². The highest BCUT2D eigenvalue weighted by Crippen LogP contribution is 2.65. The van der Waals surface area contributed by atoms with Crippen molar-refractivity contribution in [2.45, 2.75) is 64.2 Å². The van der Waals surface area contributed by atoms with Crippen LogP contribution in [-0.4, -0.2) is 20.7 Å². The lowest BCUT2D eigenvalue weighted by atomic mass is 9.68. The molecule has 5 aliphatic rings. The summed E-state index contributed by atoms with van der Waals surface area (Å²) in [6, 6.07) is 37.5. The SMILES string of the molecule is CC1(C)c2ccccc2N2c3cccc4c3C35c6c2c1cc1c2ccccc2n(c61)-c1cc([Si](C)(C)C)cc([n+]13)-c1cc([Si](C)(C)C)cc([n+]15)O4. The Morgan fingerprint density at radius 3 is 2.10 bits per heavy atom. The fourth-order valence-electron chi connectivity index (χ4n) is 10.3. The smallest absolute Gasteiger partial charge is 0.378 e. The van der Waals surface area contributed by atoms with Crippen LogP contribution in [0.3, 0.4) is 0 Å². The maximum absolute atomic E-state index is 7.19. The summed E-state index contributed by atoms with van der Waals surface area (Å²) in [6.45, 7) is 19.7. The number of benzene rings is 4. The zero-order valence-electron chi connectivity index (χ0n) is 30.4. The average molecular weight is 697 g/mol. The van der Waals surface area contributed by atoms with Gasteiger partial charge >= 0.3 is 11.5 Å². The van der Waals surface area contributed by atoms with Crippen LogP contribution in [0.25, 0.3) is 39.0 Å². The molecule has 248 valence electrons. The summed E-state index contributed by atoms with van der Waals surface area (Å²) < 4.78 is 15.2. The summed E-state index contributed by atoms with van der Waals surface area (Å²) in [4.78, 5) is 2.59. The molecule has 7 heteroatoms. The molecule has 1 unspecified atom stereocenters. The molecule has 5 aliphatic heterocycles. The standard InChI is InChI=1S/C44H40N4OSi2/c1-43(2)29-15-10-12-17-32(29)45-33-18-13-19-36-39(33)44-40-41-28(24-30(43)42(40)45)27-14-9-11-16-31(27)46(41)37-22-25(50(3,4)5)20-34(47(37)44)35-21-26(51(6,7)8)23-38(49-36)48(35)44/h9-24H,1-8H3/q+2. The largest absolute Gasteiger partial charge is 0.404 e. The topological polar surface area (TPSA) is 25.2 Å². The van der Waals surface area contributed by atoms with Crippen LogP contribution in [0.2, 0.25) is 39.3 Å². The predicted octanol–water partition coefficient (Wildman–Crippen LogP) is 8.57. The average Bonchev–Trinajstić information content (AvgIpc) is 3.58. The van der Waals surface area contributed by atoms with Gasteiger partial charge in [0.05, 0.1) is 39.3 Å². The van der Waals surface area contributed by atoms with Crippen LogP contribution in [0, 0.1) is 0 Å². The van der Waals surface area contributed by atoms with E-state index in [4.69, 9.17) is 4.74 Å². The van der Waals surface area contributed by atoms with Gasteiger partial charge in [0.2, 0.25) is 5.69 Å². The van der Waals surface area contributed by atoms with Gasteiger partial charge in [-0.25, -0.2) is 0 Å². The van der Waals surface area contributed by atoms with Crippen molar-refractivity contribution in [2.24, 2.45) is 0 Å². The van der Waals surface area contributed by atoms with Crippen molar-refractivity contribution in [2.75, 3.05) is 4.90 Å². The second-order valence-electron chi connectivity index (χ2n) is 17.9. The third-order valence-corrected chi connectivity index (χ3v) is 16.8. The number of pyridine rings is 2. The van der Waals surface area contributed by atoms with Crippen LogP contribution in [-0.2, 0) is 11.1 Å². The fourth-order valence-corrected chi connectivity index (χ4v) is 12.6. The van der Waals surface area contributed by atoms with Gasteiger partial charge in [0.1, 0.15) is 16.6 Å². The minimum Gasteiger partial charge on any atom is -0.404 e. The molecule has 51 heavy (non-hydrogen) atoms. The molecule has 3 aromatic heterocycles. The lowest BCUT2D eigenvalue weighted by molar-refractivity contribution is -0.938. The van der Waals surface area contributed by atoms with Crippen LogP contribution in [0.1, 0.15) is 36.1 Å². The molecule has 4 aromatic carbocycles. The zero-order valence-corrected chi connectivity index (χ0v) is 32.4. The van der Waals surface area contributed by atoms with Crippen LogP contribution in [0.15, 0.2) is 97.1 Å². The number of hydrogen-bond donors (Lipinski definition) is 0. The number of nitrogens with zero attached hydrogens (tertiary/aromatic N) is 4. The van der Waals surface area contributed by atoms with Gasteiger partial charge in [-0.1, -0.05) is 89.5 Å². The van der Waals surface area contributed by atoms with Crippen molar-refractivity contribution in [3.63, 3.8) is 0 Å². The van der Waals surface area contributed by atoms with Crippen molar-refractivity contribution in [1.82, 2.24) is 4.57 Å². The van der Waals surface area contributed by atoms with E-state index in [2.05, 4.69) is 169 Å². The van der Waals surface area contributed by atoms with Gasteiger partial charge in [0.25, 0.3) is 11.5 Å².